The van der Waals surface area contributed by atoms with Crippen LogP contribution in [0.2, 0.25) is 0 Å². The summed E-state index contributed by atoms with van der Waals surface area (Å²) in [6, 6.07) is 7.84. The average Bonchev–Trinajstić information content (AvgIpc) is 3.27. The SMILES string of the molecule is CSc1cccc(NC(=O)[C@H]2CC[C@@H](NC(=O)Cn3cncn3)C2)c1. The number of nitrogens with one attached hydrogen (secondary N) is 2. The summed E-state index contributed by atoms with van der Waals surface area (Å²) in [6.07, 6.45) is 7.17. The highest BCUT2D eigenvalue weighted by Crippen LogP contribution is 2.27. The second-order valence-corrected chi connectivity index (χ2v) is 6.97. The Labute approximate surface area is 150 Å². The first-order chi connectivity index (χ1) is 12.1. The smallest absolute Gasteiger partial charge is 0.242 e. The van der Waals surface area contributed by atoms with E-state index in [0.29, 0.717) is 6.42 Å². The molecule has 0 bridgehead atoms. The molecule has 0 spiro atoms. The molecule has 3 rings (SSSR count). The fourth-order valence-corrected chi connectivity index (χ4v) is 3.49. The van der Waals surface area contributed by atoms with E-state index in [0.717, 1.165) is 23.4 Å². The van der Waals surface area contributed by atoms with E-state index in [1.807, 2.05) is 30.5 Å². The monoisotopic (exact) mass is 359 g/mol. The van der Waals surface area contributed by atoms with Crippen molar-refractivity contribution in [3.05, 3.63) is 36.9 Å². The van der Waals surface area contributed by atoms with Crippen molar-refractivity contribution < 1.29 is 9.59 Å². The first kappa shape index (κ1) is 17.5. The number of nitrogens with zero attached hydrogens (tertiary/aromatic N) is 3. The van der Waals surface area contributed by atoms with Crippen LogP contribution in [0, 0.1) is 5.92 Å². The lowest BCUT2D eigenvalue weighted by Gasteiger charge is -2.14. The second kappa shape index (κ2) is 8.15. The van der Waals surface area contributed by atoms with Crippen molar-refractivity contribution in [2.45, 2.75) is 36.7 Å². The highest BCUT2D eigenvalue weighted by molar-refractivity contribution is 7.98. The highest BCUT2D eigenvalue weighted by Gasteiger charge is 2.30. The fraction of sp³-hybridized carbons (Fsp3) is 0.412. The molecule has 2 aromatic rings. The molecule has 1 aliphatic carbocycles. The van der Waals surface area contributed by atoms with Gasteiger partial charge in [0.25, 0.3) is 0 Å². The minimum absolute atomic E-state index is 0.0197. The van der Waals surface area contributed by atoms with Crippen LogP contribution in [-0.4, -0.2) is 38.9 Å². The Morgan fingerprint density at radius 3 is 3.00 bits per heavy atom. The molecule has 1 aromatic heterocycles. The van der Waals surface area contributed by atoms with Gasteiger partial charge in [0.1, 0.15) is 19.2 Å². The predicted molar refractivity (Wildman–Crippen MR) is 96.1 cm³/mol. The summed E-state index contributed by atoms with van der Waals surface area (Å²) in [5.41, 5.74) is 0.815. The summed E-state index contributed by atoms with van der Waals surface area (Å²) in [5, 5.41) is 9.87. The Morgan fingerprint density at radius 2 is 2.24 bits per heavy atom. The van der Waals surface area contributed by atoms with Gasteiger partial charge in [-0.05, 0) is 43.7 Å². The van der Waals surface area contributed by atoms with Crippen LogP contribution in [0.25, 0.3) is 0 Å². The molecule has 2 N–H and O–H groups in total. The van der Waals surface area contributed by atoms with Gasteiger partial charge in [-0.1, -0.05) is 6.07 Å². The number of hydrogen-bond acceptors (Lipinski definition) is 5. The Kier molecular flexibility index (Phi) is 5.70. The largest absolute Gasteiger partial charge is 0.352 e. The molecule has 25 heavy (non-hydrogen) atoms. The molecule has 1 fully saturated rings. The van der Waals surface area contributed by atoms with Crippen molar-refractivity contribution in [2.24, 2.45) is 5.92 Å². The maximum absolute atomic E-state index is 12.4. The number of anilines is 1. The molecule has 1 aromatic carbocycles. The third kappa shape index (κ3) is 4.82. The first-order valence-electron chi connectivity index (χ1n) is 8.20. The van der Waals surface area contributed by atoms with Crippen LogP contribution in [-0.2, 0) is 16.1 Å². The van der Waals surface area contributed by atoms with Gasteiger partial charge in [0, 0.05) is 22.5 Å². The number of aromatic nitrogens is 3. The van der Waals surface area contributed by atoms with Crippen molar-refractivity contribution in [3.8, 4) is 0 Å². The van der Waals surface area contributed by atoms with Crippen LogP contribution in [0.4, 0.5) is 5.69 Å². The zero-order chi connectivity index (χ0) is 17.6. The van der Waals surface area contributed by atoms with Gasteiger partial charge in [0.15, 0.2) is 0 Å². The van der Waals surface area contributed by atoms with E-state index in [4.69, 9.17) is 0 Å². The summed E-state index contributed by atoms with van der Waals surface area (Å²) < 4.78 is 1.48. The Hall–Kier alpha value is -2.35. The number of amides is 2. The zero-order valence-corrected chi connectivity index (χ0v) is 14.8. The summed E-state index contributed by atoms with van der Waals surface area (Å²) >= 11 is 1.64. The van der Waals surface area contributed by atoms with Crippen molar-refractivity contribution in [1.29, 1.82) is 0 Å². The summed E-state index contributed by atoms with van der Waals surface area (Å²) in [5.74, 6) is -0.162. The van der Waals surface area contributed by atoms with Crippen molar-refractivity contribution in [1.82, 2.24) is 20.1 Å². The number of benzene rings is 1. The van der Waals surface area contributed by atoms with Crippen molar-refractivity contribution in [3.63, 3.8) is 0 Å². The molecule has 2 amide bonds. The van der Waals surface area contributed by atoms with Crippen LogP contribution >= 0.6 is 11.8 Å². The summed E-state index contributed by atoms with van der Waals surface area (Å²) in [4.78, 5) is 29.4. The van der Waals surface area contributed by atoms with Crippen LogP contribution in [0.15, 0.2) is 41.8 Å². The summed E-state index contributed by atoms with van der Waals surface area (Å²) in [6.45, 7) is 0.148. The van der Waals surface area contributed by atoms with Gasteiger partial charge in [-0.3, -0.25) is 9.59 Å². The second-order valence-electron chi connectivity index (χ2n) is 6.09. The molecule has 0 aliphatic heterocycles. The van der Waals surface area contributed by atoms with Gasteiger partial charge in [-0.25, -0.2) is 9.67 Å². The normalized spacial score (nSPS) is 19.6. The maximum atomic E-state index is 12.4. The quantitative estimate of drug-likeness (QED) is 0.769. The van der Waals surface area contributed by atoms with E-state index in [1.165, 1.54) is 17.3 Å². The van der Waals surface area contributed by atoms with E-state index >= 15 is 0 Å². The molecule has 0 radical (unpaired) electrons. The Morgan fingerprint density at radius 1 is 1.36 bits per heavy atom. The van der Waals surface area contributed by atoms with E-state index < -0.39 is 0 Å². The maximum Gasteiger partial charge on any atom is 0.242 e. The van der Waals surface area contributed by atoms with Gasteiger partial charge >= 0.3 is 0 Å². The minimum atomic E-state index is -0.107. The number of rotatable bonds is 6. The molecule has 2 atom stereocenters. The molecule has 7 nitrogen and oxygen atoms in total. The summed E-state index contributed by atoms with van der Waals surface area (Å²) in [7, 11) is 0. The molecular weight excluding hydrogens is 338 g/mol. The van der Waals surface area contributed by atoms with E-state index in [9.17, 15) is 9.59 Å². The van der Waals surface area contributed by atoms with Gasteiger partial charge in [0.2, 0.25) is 11.8 Å². The van der Waals surface area contributed by atoms with E-state index in [2.05, 4.69) is 20.7 Å². The predicted octanol–water partition coefficient (Wildman–Crippen LogP) is 1.92. The third-order valence-corrected chi connectivity index (χ3v) is 5.00. The Balaban J connectivity index is 1.48. The lowest BCUT2D eigenvalue weighted by Crippen LogP contribution is -2.36. The highest BCUT2D eigenvalue weighted by atomic mass is 32.2. The van der Waals surface area contributed by atoms with Gasteiger partial charge in [0.05, 0.1) is 0 Å². The fourth-order valence-electron chi connectivity index (χ4n) is 3.03. The number of hydrogen-bond donors (Lipinski definition) is 2. The van der Waals surface area contributed by atoms with Crippen LogP contribution in [0.5, 0.6) is 0 Å². The number of carbonyl (C=O) groups is 2. The average molecular weight is 359 g/mol. The molecular formula is C17H21N5O2S. The van der Waals surface area contributed by atoms with Crippen molar-refractivity contribution >= 4 is 29.3 Å². The van der Waals surface area contributed by atoms with Crippen LogP contribution in [0.1, 0.15) is 19.3 Å². The minimum Gasteiger partial charge on any atom is -0.352 e. The first-order valence-corrected chi connectivity index (χ1v) is 9.43. The molecule has 0 unspecified atom stereocenters. The van der Waals surface area contributed by atoms with Crippen molar-refractivity contribution in [2.75, 3.05) is 11.6 Å². The standard InChI is InChI=1S/C17H21N5O2S/c1-25-15-4-2-3-13(8-15)21-17(24)12-5-6-14(7-12)20-16(23)9-22-11-18-10-19-22/h2-4,8,10-12,14H,5-7,9H2,1H3,(H,20,23)(H,21,24)/t12-,14+/m0/s1. The lowest BCUT2D eigenvalue weighted by molar-refractivity contribution is -0.123. The zero-order valence-electron chi connectivity index (χ0n) is 14.0. The van der Waals surface area contributed by atoms with Gasteiger partial charge in [-0.2, -0.15) is 5.10 Å². The Bertz CT molecular complexity index is 734. The van der Waals surface area contributed by atoms with Gasteiger partial charge < -0.3 is 10.6 Å². The molecule has 132 valence electrons. The number of carbonyl (C=O) groups excluding carboxylic acids is 2. The lowest BCUT2D eigenvalue weighted by atomic mass is 10.1. The topological polar surface area (TPSA) is 88.9 Å². The van der Waals surface area contributed by atoms with E-state index in [-0.39, 0.29) is 30.3 Å². The number of thioether (sulfide) groups is 1. The van der Waals surface area contributed by atoms with E-state index in [1.54, 1.807) is 11.8 Å². The van der Waals surface area contributed by atoms with Crippen LogP contribution < -0.4 is 10.6 Å². The molecule has 8 heteroatoms. The molecule has 1 aliphatic rings. The van der Waals surface area contributed by atoms with Gasteiger partial charge in [-0.15, -0.1) is 11.8 Å². The third-order valence-electron chi connectivity index (χ3n) is 4.28. The molecule has 0 saturated heterocycles. The van der Waals surface area contributed by atoms with Crippen LogP contribution in [0.3, 0.4) is 0 Å². The molecule has 1 saturated carbocycles. The molecule has 1 heterocycles.